The molecule has 1 N–H and O–H groups in total. The second kappa shape index (κ2) is 4.45. The Labute approximate surface area is 95.7 Å². The SMILES string of the molecule is COc1cc(C)c(SC)cc1C(C)(C)O. The van der Waals surface area contributed by atoms with Crippen LogP contribution in [0.15, 0.2) is 17.0 Å². The van der Waals surface area contributed by atoms with Crippen LogP contribution in [0.5, 0.6) is 5.75 Å². The fourth-order valence-corrected chi connectivity index (χ4v) is 2.15. The highest BCUT2D eigenvalue weighted by molar-refractivity contribution is 7.98. The highest BCUT2D eigenvalue weighted by Gasteiger charge is 2.22. The third kappa shape index (κ3) is 2.67. The van der Waals surface area contributed by atoms with Crippen LogP contribution in [-0.2, 0) is 5.60 Å². The zero-order valence-corrected chi connectivity index (χ0v) is 10.7. The summed E-state index contributed by atoms with van der Waals surface area (Å²) < 4.78 is 5.28. The largest absolute Gasteiger partial charge is 0.496 e. The van der Waals surface area contributed by atoms with E-state index in [1.165, 1.54) is 10.5 Å². The number of rotatable bonds is 3. The van der Waals surface area contributed by atoms with Gasteiger partial charge in [0.1, 0.15) is 5.75 Å². The molecule has 0 aliphatic heterocycles. The van der Waals surface area contributed by atoms with Gasteiger partial charge in [0.05, 0.1) is 12.7 Å². The van der Waals surface area contributed by atoms with Gasteiger partial charge in [0.15, 0.2) is 0 Å². The molecule has 0 aliphatic carbocycles. The Morgan fingerprint density at radius 1 is 1.33 bits per heavy atom. The van der Waals surface area contributed by atoms with Gasteiger partial charge in [-0.25, -0.2) is 0 Å². The number of aryl methyl sites for hydroxylation is 1. The van der Waals surface area contributed by atoms with Crippen LogP contribution < -0.4 is 4.74 Å². The molecule has 1 aromatic rings. The van der Waals surface area contributed by atoms with E-state index in [1.54, 1.807) is 32.7 Å². The van der Waals surface area contributed by atoms with Crippen molar-refractivity contribution in [2.75, 3.05) is 13.4 Å². The van der Waals surface area contributed by atoms with Crippen LogP contribution in [0, 0.1) is 6.92 Å². The standard InChI is InChI=1S/C12H18O2S/c1-8-6-10(14-4)9(12(2,3)13)7-11(8)15-5/h6-7,13H,1-5H3. The molecule has 1 aromatic carbocycles. The van der Waals surface area contributed by atoms with E-state index in [9.17, 15) is 5.11 Å². The quantitative estimate of drug-likeness (QED) is 0.804. The van der Waals surface area contributed by atoms with Gasteiger partial charge in [0.2, 0.25) is 0 Å². The Morgan fingerprint density at radius 3 is 2.33 bits per heavy atom. The van der Waals surface area contributed by atoms with Crippen molar-refractivity contribution in [1.29, 1.82) is 0 Å². The van der Waals surface area contributed by atoms with E-state index < -0.39 is 5.60 Å². The summed E-state index contributed by atoms with van der Waals surface area (Å²) >= 11 is 1.68. The highest BCUT2D eigenvalue weighted by Crippen LogP contribution is 2.34. The molecule has 0 heterocycles. The molecular formula is C12H18O2S. The maximum Gasteiger partial charge on any atom is 0.125 e. The summed E-state index contributed by atoms with van der Waals surface area (Å²) in [6.07, 6.45) is 2.03. The monoisotopic (exact) mass is 226 g/mol. The fourth-order valence-electron chi connectivity index (χ4n) is 1.53. The number of benzene rings is 1. The first-order valence-corrected chi connectivity index (χ1v) is 6.08. The summed E-state index contributed by atoms with van der Waals surface area (Å²) in [6.45, 7) is 5.58. The van der Waals surface area contributed by atoms with Crippen molar-refractivity contribution in [1.82, 2.24) is 0 Å². The van der Waals surface area contributed by atoms with E-state index in [-0.39, 0.29) is 0 Å². The third-order valence-electron chi connectivity index (χ3n) is 2.38. The average molecular weight is 226 g/mol. The molecule has 0 spiro atoms. The highest BCUT2D eigenvalue weighted by atomic mass is 32.2. The van der Waals surface area contributed by atoms with Crippen molar-refractivity contribution in [3.63, 3.8) is 0 Å². The minimum Gasteiger partial charge on any atom is -0.496 e. The van der Waals surface area contributed by atoms with Gasteiger partial charge >= 0.3 is 0 Å². The van der Waals surface area contributed by atoms with Crippen molar-refractivity contribution < 1.29 is 9.84 Å². The van der Waals surface area contributed by atoms with Crippen LogP contribution in [0.4, 0.5) is 0 Å². The number of aliphatic hydroxyl groups is 1. The van der Waals surface area contributed by atoms with E-state index >= 15 is 0 Å². The molecule has 0 amide bonds. The first kappa shape index (κ1) is 12.4. The summed E-state index contributed by atoms with van der Waals surface area (Å²) in [5, 5.41) is 10.0. The summed E-state index contributed by atoms with van der Waals surface area (Å²) in [5.41, 5.74) is 1.14. The molecule has 0 radical (unpaired) electrons. The Kier molecular flexibility index (Phi) is 3.68. The Bertz CT molecular complexity index is 353. The number of hydrogen-bond acceptors (Lipinski definition) is 3. The van der Waals surface area contributed by atoms with E-state index in [1.807, 2.05) is 25.3 Å². The molecule has 84 valence electrons. The average Bonchev–Trinajstić information content (AvgIpc) is 2.15. The van der Waals surface area contributed by atoms with Gasteiger partial charge in [0.25, 0.3) is 0 Å². The number of ether oxygens (including phenoxy) is 1. The third-order valence-corrected chi connectivity index (χ3v) is 3.26. The van der Waals surface area contributed by atoms with Crippen LogP contribution in [0.2, 0.25) is 0 Å². The molecule has 0 bridgehead atoms. The molecule has 0 aliphatic rings. The smallest absolute Gasteiger partial charge is 0.125 e. The fraction of sp³-hybridized carbons (Fsp3) is 0.500. The van der Waals surface area contributed by atoms with Crippen LogP contribution in [0.25, 0.3) is 0 Å². The van der Waals surface area contributed by atoms with Crippen molar-refractivity contribution in [3.8, 4) is 5.75 Å². The molecule has 2 nitrogen and oxygen atoms in total. The molecular weight excluding hydrogens is 208 g/mol. The van der Waals surface area contributed by atoms with Gasteiger partial charge in [-0.2, -0.15) is 0 Å². The lowest BCUT2D eigenvalue weighted by Crippen LogP contribution is -2.17. The van der Waals surface area contributed by atoms with Gasteiger partial charge < -0.3 is 9.84 Å². The van der Waals surface area contributed by atoms with E-state index in [0.29, 0.717) is 0 Å². The predicted molar refractivity (Wildman–Crippen MR) is 64.8 cm³/mol. The van der Waals surface area contributed by atoms with Gasteiger partial charge in [-0.15, -0.1) is 11.8 Å². The first-order chi connectivity index (χ1) is 6.90. The minimum atomic E-state index is -0.872. The molecule has 0 saturated heterocycles. The molecule has 0 fully saturated rings. The second-order valence-electron chi connectivity index (χ2n) is 4.08. The minimum absolute atomic E-state index is 0.748. The topological polar surface area (TPSA) is 29.5 Å². The van der Waals surface area contributed by atoms with Crippen LogP contribution in [0.3, 0.4) is 0 Å². The van der Waals surface area contributed by atoms with Gasteiger partial charge in [-0.05, 0) is 44.7 Å². The normalized spacial score (nSPS) is 11.6. The molecule has 0 unspecified atom stereocenters. The lowest BCUT2D eigenvalue weighted by molar-refractivity contribution is 0.0754. The second-order valence-corrected chi connectivity index (χ2v) is 4.93. The van der Waals surface area contributed by atoms with Crippen molar-refractivity contribution in [2.45, 2.75) is 31.3 Å². The summed E-state index contributed by atoms with van der Waals surface area (Å²) in [7, 11) is 1.63. The molecule has 1 rings (SSSR count). The van der Waals surface area contributed by atoms with Crippen LogP contribution in [-0.4, -0.2) is 18.5 Å². The lowest BCUT2D eigenvalue weighted by atomic mass is 9.96. The van der Waals surface area contributed by atoms with E-state index in [0.717, 1.165) is 11.3 Å². The van der Waals surface area contributed by atoms with Gasteiger partial charge in [-0.3, -0.25) is 0 Å². The summed E-state index contributed by atoms with van der Waals surface area (Å²) in [4.78, 5) is 1.17. The van der Waals surface area contributed by atoms with Gasteiger partial charge in [-0.1, -0.05) is 0 Å². The summed E-state index contributed by atoms with van der Waals surface area (Å²) in [6, 6.07) is 3.97. The maximum absolute atomic E-state index is 10.0. The maximum atomic E-state index is 10.0. The molecule has 0 aromatic heterocycles. The Balaban J connectivity index is 3.36. The van der Waals surface area contributed by atoms with Crippen molar-refractivity contribution in [2.24, 2.45) is 0 Å². The molecule has 0 saturated carbocycles. The molecule has 0 atom stereocenters. The predicted octanol–water partition coefficient (Wildman–Crippen LogP) is 2.95. The van der Waals surface area contributed by atoms with Gasteiger partial charge in [0, 0.05) is 10.5 Å². The zero-order chi connectivity index (χ0) is 11.6. The summed E-state index contributed by atoms with van der Waals surface area (Å²) in [5.74, 6) is 0.748. The number of methoxy groups -OCH3 is 1. The number of hydrogen-bond donors (Lipinski definition) is 1. The molecule has 15 heavy (non-hydrogen) atoms. The Morgan fingerprint density at radius 2 is 1.93 bits per heavy atom. The Hall–Kier alpha value is -0.670. The van der Waals surface area contributed by atoms with Crippen LogP contribution >= 0.6 is 11.8 Å². The van der Waals surface area contributed by atoms with E-state index in [2.05, 4.69) is 0 Å². The zero-order valence-electron chi connectivity index (χ0n) is 9.92. The van der Waals surface area contributed by atoms with Crippen molar-refractivity contribution >= 4 is 11.8 Å². The van der Waals surface area contributed by atoms with Crippen molar-refractivity contribution in [3.05, 3.63) is 23.3 Å². The lowest BCUT2D eigenvalue weighted by Gasteiger charge is -2.22. The first-order valence-electron chi connectivity index (χ1n) is 4.85. The van der Waals surface area contributed by atoms with E-state index in [4.69, 9.17) is 4.74 Å². The van der Waals surface area contributed by atoms with Crippen LogP contribution in [0.1, 0.15) is 25.0 Å². The molecule has 3 heteroatoms. The number of thioether (sulfide) groups is 1.